The van der Waals surface area contributed by atoms with E-state index >= 15 is 0 Å². The summed E-state index contributed by atoms with van der Waals surface area (Å²) in [6, 6.07) is 11.2. The van der Waals surface area contributed by atoms with Crippen LogP contribution in [-0.2, 0) is 4.79 Å². The zero-order valence-corrected chi connectivity index (χ0v) is 13.8. The van der Waals surface area contributed by atoms with Crippen molar-refractivity contribution in [2.75, 3.05) is 23.3 Å². The molecule has 120 valence electrons. The Balaban J connectivity index is 1.67. The number of anilines is 2. The number of hydrogen-bond donors (Lipinski definition) is 1. The Labute approximate surface area is 140 Å². The van der Waals surface area contributed by atoms with Gasteiger partial charge in [0.05, 0.1) is 22.3 Å². The molecule has 0 aliphatic carbocycles. The third kappa shape index (κ3) is 3.79. The van der Waals surface area contributed by atoms with Gasteiger partial charge < -0.3 is 10.2 Å². The molecule has 0 unspecified atom stereocenters. The van der Waals surface area contributed by atoms with E-state index in [-0.39, 0.29) is 11.8 Å². The molecule has 1 atom stereocenters. The first-order chi connectivity index (χ1) is 11.1. The van der Waals surface area contributed by atoms with Gasteiger partial charge in [-0.25, -0.2) is 0 Å². The number of piperidine rings is 1. The van der Waals surface area contributed by atoms with Crippen molar-refractivity contribution in [3.8, 4) is 0 Å². The fourth-order valence-corrected chi connectivity index (χ4v) is 2.94. The topological polar surface area (TPSA) is 58.1 Å². The quantitative estimate of drug-likeness (QED) is 0.938. The number of para-hydroxylation sites is 1. The van der Waals surface area contributed by atoms with Crippen molar-refractivity contribution >= 4 is 29.0 Å². The number of hydrogen-bond acceptors (Lipinski definition) is 4. The van der Waals surface area contributed by atoms with Gasteiger partial charge in [0.15, 0.2) is 5.82 Å². The number of amides is 1. The Morgan fingerprint density at radius 1 is 1.26 bits per heavy atom. The maximum absolute atomic E-state index is 12.5. The third-order valence-corrected chi connectivity index (χ3v) is 4.36. The van der Waals surface area contributed by atoms with E-state index in [1.54, 1.807) is 6.07 Å². The number of rotatable bonds is 3. The number of benzene rings is 1. The normalized spacial score (nSPS) is 17.8. The maximum Gasteiger partial charge on any atom is 0.229 e. The molecule has 0 bridgehead atoms. The molecule has 5 nitrogen and oxygen atoms in total. The minimum Gasteiger partial charge on any atom is -0.354 e. The maximum atomic E-state index is 12.5. The van der Waals surface area contributed by atoms with Crippen LogP contribution in [-0.4, -0.2) is 29.2 Å². The Hall–Kier alpha value is -2.14. The van der Waals surface area contributed by atoms with Gasteiger partial charge in [0.1, 0.15) is 0 Å². The summed E-state index contributed by atoms with van der Waals surface area (Å²) in [5.74, 6) is 0.747. The molecule has 3 rings (SSSR count). The molecule has 1 saturated heterocycles. The van der Waals surface area contributed by atoms with Crippen LogP contribution in [0.1, 0.15) is 18.5 Å². The van der Waals surface area contributed by atoms with Crippen LogP contribution in [0, 0.1) is 12.8 Å². The zero-order chi connectivity index (χ0) is 16.2. The molecular weight excluding hydrogens is 312 g/mol. The molecular formula is C17H19ClN4O. The summed E-state index contributed by atoms with van der Waals surface area (Å²) in [5, 5.41) is 11.8. The highest BCUT2D eigenvalue weighted by atomic mass is 35.5. The monoisotopic (exact) mass is 330 g/mol. The Kier molecular flexibility index (Phi) is 4.76. The van der Waals surface area contributed by atoms with Crippen LogP contribution in [0.3, 0.4) is 0 Å². The van der Waals surface area contributed by atoms with Crippen molar-refractivity contribution in [1.82, 2.24) is 10.2 Å². The van der Waals surface area contributed by atoms with Gasteiger partial charge in [-0.1, -0.05) is 23.7 Å². The number of nitrogens with zero attached hydrogens (tertiary/aromatic N) is 3. The van der Waals surface area contributed by atoms with Crippen molar-refractivity contribution in [3.05, 3.63) is 47.1 Å². The molecule has 1 fully saturated rings. The van der Waals surface area contributed by atoms with E-state index in [2.05, 4.69) is 20.4 Å². The number of carbonyl (C=O) groups is 1. The minimum atomic E-state index is -0.0804. The van der Waals surface area contributed by atoms with Gasteiger partial charge in [0, 0.05) is 13.1 Å². The van der Waals surface area contributed by atoms with E-state index in [4.69, 9.17) is 11.6 Å². The number of aromatic nitrogens is 2. The van der Waals surface area contributed by atoms with Gasteiger partial charge >= 0.3 is 0 Å². The predicted molar refractivity (Wildman–Crippen MR) is 91.8 cm³/mol. The molecule has 2 heterocycles. The number of nitrogens with one attached hydrogen (secondary N) is 1. The van der Waals surface area contributed by atoms with Crippen molar-refractivity contribution in [2.24, 2.45) is 5.92 Å². The Bertz CT molecular complexity index is 689. The van der Waals surface area contributed by atoms with Crippen molar-refractivity contribution in [3.63, 3.8) is 0 Å². The average molecular weight is 331 g/mol. The van der Waals surface area contributed by atoms with Crippen LogP contribution in [0.4, 0.5) is 11.5 Å². The van der Waals surface area contributed by atoms with Crippen molar-refractivity contribution < 1.29 is 4.79 Å². The standard InChI is InChI=1S/C17H19ClN4O/c1-12-8-9-16(21-20-12)22-10-4-5-13(11-22)17(23)19-15-7-3-2-6-14(15)18/h2-3,6-9,13H,4-5,10-11H2,1H3,(H,19,23)/t13-/m0/s1. The third-order valence-electron chi connectivity index (χ3n) is 4.03. The molecule has 1 aromatic carbocycles. The summed E-state index contributed by atoms with van der Waals surface area (Å²) >= 11 is 6.10. The molecule has 0 spiro atoms. The fourth-order valence-electron chi connectivity index (χ4n) is 2.76. The first-order valence-corrected chi connectivity index (χ1v) is 8.12. The number of halogens is 1. The molecule has 2 aromatic rings. The fraction of sp³-hybridized carbons (Fsp3) is 0.353. The van der Waals surface area contributed by atoms with Crippen LogP contribution < -0.4 is 10.2 Å². The Morgan fingerprint density at radius 3 is 2.83 bits per heavy atom. The lowest BCUT2D eigenvalue weighted by atomic mass is 9.97. The molecule has 0 saturated carbocycles. The zero-order valence-electron chi connectivity index (χ0n) is 13.0. The van der Waals surface area contributed by atoms with Gasteiger partial charge in [-0.05, 0) is 44.0 Å². The van der Waals surface area contributed by atoms with E-state index in [0.717, 1.165) is 30.9 Å². The van der Waals surface area contributed by atoms with Gasteiger partial charge in [-0.2, -0.15) is 5.10 Å². The van der Waals surface area contributed by atoms with Crippen LogP contribution in [0.15, 0.2) is 36.4 Å². The lowest BCUT2D eigenvalue weighted by Gasteiger charge is -2.32. The number of aryl methyl sites for hydroxylation is 1. The van der Waals surface area contributed by atoms with E-state index < -0.39 is 0 Å². The first-order valence-electron chi connectivity index (χ1n) is 7.74. The predicted octanol–water partition coefficient (Wildman–Crippen LogP) is 3.29. The molecule has 6 heteroatoms. The second-order valence-corrected chi connectivity index (χ2v) is 6.19. The SMILES string of the molecule is Cc1ccc(N2CCC[C@H](C(=O)Nc3ccccc3Cl)C2)nn1. The summed E-state index contributed by atoms with van der Waals surface area (Å²) in [4.78, 5) is 14.6. The molecule has 1 N–H and O–H groups in total. The van der Waals surface area contributed by atoms with Crippen LogP contribution in [0.25, 0.3) is 0 Å². The molecule has 1 amide bonds. The molecule has 1 aliphatic heterocycles. The highest BCUT2D eigenvalue weighted by Crippen LogP contribution is 2.25. The molecule has 1 aliphatic rings. The van der Waals surface area contributed by atoms with Gasteiger partial charge in [0.25, 0.3) is 0 Å². The van der Waals surface area contributed by atoms with Crippen molar-refractivity contribution in [1.29, 1.82) is 0 Å². The van der Waals surface area contributed by atoms with Crippen LogP contribution in [0.5, 0.6) is 0 Å². The number of carbonyl (C=O) groups excluding carboxylic acids is 1. The van der Waals surface area contributed by atoms with E-state index in [1.807, 2.05) is 37.3 Å². The van der Waals surface area contributed by atoms with Crippen LogP contribution >= 0.6 is 11.6 Å². The van der Waals surface area contributed by atoms with E-state index in [0.29, 0.717) is 17.3 Å². The second kappa shape index (κ2) is 6.96. The second-order valence-electron chi connectivity index (χ2n) is 5.79. The van der Waals surface area contributed by atoms with E-state index in [1.165, 1.54) is 0 Å². The Morgan fingerprint density at radius 2 is 2.09 bits per heavy atom. The smallest absolute Gasteiger partial charge is 0.229 e. The summed E-state index contributed by atoms with van der Waals surface area (Å²) in [7, 11) is 0. The highest BCUT2D eigenvalue weighted by Gasteiger charge is 2.27. The largest absolute Gasteiger partial charge is 0.354 e. The molecule has 1 aromatic heterocycles. The van der Waals surface area contributed by atoms with Crippen molar-refractivity contribution in [2.45, 2.75) is 19.8 Å². The lowest BCUT2D eigenvalue weighted by molar-refractivity contribution is -0.120. The first kappa shape index (κ1) is 15.7. The highest BCUT2D eigenvalue weighted by molar-refractivity contribution is 6.33. The summed E-state index contributed by atoms with van der Waals surface area (Å²) < 4.78 is 0. The summed E-state index contributed by atoms with van der Waals surface area (Å²) in [6.45, 7) is 3.45. The summed E-state index contributed by atoms with van der Waals surface area (Å²) in [6.07, 6.45) is 1.82. The van der Waals surface area contributed by atoms with Gasteiger partial charge in [-0.15, -0.1) is 5.10 Å². The van der Waals surface area contributed by atoms with Gasteiger partial charge in [0.2, 0.25) is 5.91 Å². The minimum absolute atomic E-state index is 0.00266. The lowest BCUT2D eigenvalue weighted by Crippen LogP contribution is -2.41. The summed E-state index contributed by atoms with van der Waals surface area (Å²) in [5.41, 5.74) is 1.55. The van der Waals surface area contributed by atoms with Gasteiger partial charge in [-0.3, -0.25) is 4.79 Å². The average Bonchev–Trinajstić information content (AvgIpc) is 2.58. The van der Waals surface area contributed by atoms with E-state index in [9.17, 15) is 4.79 Å². The van der Waals surface area contributed by atoms with Crippen LogP contribution in [0.2, 0.25) is 5.02 Å². The molecule has 0 radical (unpaired) electrons. The molecule has 23 heavy (non-hydrogen) atoms.